The van der Waals surface area contributed by atoms with Crippen molar-refractivity contribution in [3.05, 3.63) is 85.5 Å². The summed E-state index contributed by atoms with van der Waals surface area (Å²) in [5.74, 6) is -2.70. The summed E-state index contributed by atoms with van der Waals surface area (Å²) in [6, 6.07) is 13.8. The highest BCUT2D eigenvalue weighted by atomic mass is 16.5. The Kier molecular flexibility index (Phi) is 11.8. The molecule has 50 heavy (non-hydrogen) atoms. The predicted octanol–water partition coefficient (Wildman–Crippen LogP) is 4.36. The molecule has 0 unspecified atom stereocenters. The van der Waals surface area contributed by atoms with Crippen LogP contribution in [-0.2, 0) is 28.7 Å². The van der Waals surface area contributed by atoms with Gasteiger partial charge in [0.2, 0.25) is 11.8 Å². The topological polar surface area (TPSA) is 135 Å². The molecular formula is C39H49N3O8. The average Bonchev–Trinajstić information content (AvgIpc) is 3.77. The molecule has 0 aromatic heterocycles. The highest BCUT2D eigenvalue weighted by Gasteiger charge is 2.75. The molecule has 11 nitrogen and oxygen atoms in total. The second kappa shape index (κ2) is 16.0. The molecular weight excluding hydrogens is 638 g/mol. The lowest BCUT2D eigenvalue weighted by atomic mass is 9.70. The van der Waals surface area contributed by atoms with Gasteiger partial charge in [0.05, 0.1) is 43.7 Å². The van der Waals surface area contributed by atoms with Gasteiger partial charge >= 0.3 is 5.97 Å². The van der Waals surface area contributed by atoms with E-state index in [-0.39, 0.29) is 43.9 Å². The highest BCUT2D eigenvalue weighted by molar-refractivity contribution is 6.05. The lowest BCUT2D eigenvalue weighted by Crippen LogP contribution is -2.59. The van der Waals surface area contributed by atoms with Crippen molar-refractivity contribution in [2.24, 2.45) is 17.8 Å². The Morgan fingerprint density at radius 3 is 2.46 bits per heavy atom. The average molecular weight is 688 g/mol. The first-order chi connectivity index (χ1) is 24.1. The molecule has 2 bridgehead atoms. The van der Waals surface area contributed by atoms with Gasteiger partial charge in [-0.25, -0.2) is 0 Å². The molecule has 7 atom stereocenters. The van der Waals surface area contributed by atoms with Crippen LogP contribution in [0.5, 0.6) is 5.75 Å². The number of esters is 1. The summed E-state index contributed by atoms with van der Waals surface area (Å²) >= 11 is 0. The summed E-state index contributed by atoms with van der Waals surface area (Å²) in [5, 5.41) is 13.7. The van der Waals surface area contributed by atoms with Crippen LogP contribution in [0.4, 0.5) is 5.69 Å². The number of anilines is 1. The second-order valence-corrected chi connectivity index (χ2v) is 13.7. The van der Waals surface area contributed by atoms with Crippen LogP contribution >= 0.6 is 0 Å². The van der Waals surface area contributed by atoms with Gasteiger partial charge in [0, 0.05) is 18.7 Å². The molecule has 268 valence electrons. The molecule has 0 aliphatic carbocycles. The number of carbonyl (C=O) groups is 4. The van der Waals surface area contributed by atoms with Crippen LogP contribution in [0, 0.1) is 17.8 Å². The molecule has 3 aliphatic heterocycles. The number of nitrogens with zero attached hydrogens (tertiary/aromatic N) is 2. The number of ether oxygens (including phenoxy) is 3. The van der Waals surface area contributed by atoms with E-state index in [1.807, 2.05) is 44.2 Å². The van der Waals surface area contributed by atoms with Crippen LogP contribution in [0.15, 0.2) is 79.9 Å². The second-order valence-electron chi connectivity index (χ2n) is 13.7. The van der Waals surface area contributed by atoms with Crippen molar-refractivity contribution < 1.29 is 38.5 Å². The monoisotopic (exact) mass is 687 g/mol. The summed E-state index contributed by atoms with van der Waals surface area (Å²) in [7, 11) is 1.56. The number of aliphatic hydroxyl groups excluding tert-OH is 1. The molecule has 5 rings (SSSR count). The smallest absolute Gasteiger partial charge is 0.306 e. The minimum atomic E-state index is -1.28. The number of nitrogens with one attached hydrogen (secondary N) is 1. The Balaban J connectivity index is 1.50. The molecule has 3 amide bonds. The molecule has 3 heterocycles. The Morgan fingerprint density at radius 2 is 1.84 bits per heavy atom. The SMILES string of the molecule is C=CCCC(=O)OC[C@H](NC(=O)[C@@H]1[C@@H]2CC[C@]3(O2)[C@H](C(=O)N(CC=C)c2ccc(OC)cc2)N([C@@H](CO)CC(C)C)C(=O)[C@@H]13)c1ccccc1. The van der Waals surface area contributed by atoms with Gasteiger partial charge in [0.25, 0.3) is 5.91 Å². The van der Waals surface area contributed by atoms with E-state index in [0.717, 1.165) is 5.56 Å². The Morgan fingerprint density at radius 1 is 1.12 bits per heavy atom. The summed E-state index contributed by atoms with van der Waals surface area (Å²) in [4.78, 5) is 59.4. The number of carbonyl (C=O) groups excluding carboxylic acids is 4. The fourth-order valence-corrected chi connectivity index (χ4v) is 7.89. The van der Waals surface area contributed by atoms with Gasteiger partial charge in [0.1, 0.15) is 24.0 Å². The van der Waals surface area contributed by atoms with Crippen LogP contribution in [0.1, 0.15) is 57.6 Å². The van der Waals surface area contributed by atoms with Gasteiger partial charge < -0.3 is 34.4 Å². The van der Waals surface area contributed by atoms with E-state index >= 15 is 0 Å². The lowest BCUT2D eigenvalue weighted by Gasteiger charge is -2.39. The predicted molar refractivity (Wildman–Crippen MR) is 188 cm³/mol. The number of rotatable bonds is 17. The Bertz CT molecular complexity index is 1550. The number of benzene rings is 2. The van der Waals surface area contributed by atoms with Crippen LogP contribution < -0.4 is 15.0 Å². The van der Waals surface area contributed by atoms with Gasteiger partial charge in [-0.05, 0) is 61.4 Å². The van der Waals surface area contributed by atoms with Gasteiger partial charge in [-0.2, -0.15) is 0 Å². The maximum Gasteiger partial charge on any atom is 0.306 e. The van der Waals surface area contributed by atoms with Gasteiger partial charge in [-0.1, -0.05) is 56.3 Å². The van der Waals surface area contributed by atoms with Crippen molar-refractivity contribution in [3.63, 3.8) is 0 Å². The molecule has 3 aliphatic rings. The molecule has 2 N–H and O–H groups in total. The minimum Gasteiger partial charge on any atom is -0.497 e. The molecule has 2 aromatic rings. The maximum absolute atomic E-state index is 14.9. The van der Waals surface area contributed by atoms with Crippen molar-refractivity contribution >= 4 is 29.4 Å². The Labute approximate surface area is 294 Å². The minimum absolute atomic E-state index is 0.0969. The van der Waals surface area contributed by atoms with Crippen molar-refractivity contribution in [1.29, 1.82) is 0 Å². The lowest BCUT2D eigenvalue weighted by molar-refractivity contribution is -0.146. The number of methoxy groups -OCH3 is 1. The fraction of sp³-hybridized carbons (Fsp3) is 0.487. The fourth-order valence-electron chi connectivity index (χ4n) is 7.89. The first-order valence-corrected chi connectivity index (χ1v) is 17.4. The van der Waals surface area contributed by atoms with Crippen LogP contribution in [0.25, 0.3) is 0 Å². The van der Waals surface area contributed by atoms with E-state index in [2.05, 4.69) is 18.5 Å². The number of hydrogen-bond acceptors (Lipinski definition) is 8. The summed E-state index contributed by atoms with van der Waals surface area (Å²) in [6.07, 6.45) is 4.63. The standard InChI is InChI=1S/C39H49N3O8/c1-6-8-14-32(44)49-24-30(26-12-10-9-11-13-26)40-36(45)33-31-19-20-39(50-31)34(33)37(46)42(28(23-43)22-25(3)4)35(39)38(47)41(21-7-2)27-15-17-29(48-5)18-16-27/h6-7,9-13,15-18,25,28,30-31,33-35,43H,1-2,8,14,19-24H2,3-5H3,(H,40,45)/t28-,30+,31+,33-,34-,35+,39-/m1/s1. The number of aliphatic hydroxyl groups is 1. The van der Waals surface area contributed by atoms with E-state index in [1.165, 1.54) is 4.90 Å². The van der Waals surface area contributed by atoms with Gasteiger partial charge in [-0.15, -0.1) is 13.2 Å². The van der Waals surface area contributed by atoms with E-state index in [4.69, 9.17) is 14.2 Å². The number of amides is 3. The van der Waals surface area contributed by atoms with E-state index in [0.29, 0.717) is 37.1 Å². The maximum atomic E-state index is 14.9. The molecule has 11 heteroatoms. The van der Waals surface area contributed by atoms with E-state index < -0.39 is 53.5 Å². The van der Waals surface area contributed by atoms with E-state index in [9.17, 15) is 24.3 Å². The molecule has 0 radical (unpaired) electrons. The van der Waals surface area contributed by atoms with Crippen molar-refractivity contribution in [2.45, 2.75) is 75.8 Å². The zero-order chi connectivity index (χ0) is 36.0. The zero-order valence-corrected chi connectivity index (χ0v) is 29.2. The molecule has 2 aromatic carbocycles. The Hall–Kier alpha value is -4.48. The molecule has 1 spiro atoms. The summed E-state index contributed by atoms with van der Waals surface area (Å²) in [5.41, 5.74) is 0.0410. The molecule has 3 saturated heterocycles. The number of likely N-dealkylation sites (tertiary alicyclic amines) is 1. The number of allylic oxidation sites excluding steroid dienone is 1. The molecule has 3 fully saturated rings. The quantitative estimate of drug-likeness (QED) is 0.185. The highest BCUT2D eigenvalue weighted by Crippen LogP contribution is 2.59. The van der Waals surface area contributed by atoms with Crippen molar-refractivity contribution in [3.8, 4) is 5.75 Å². The normalized spacial score (nSPS) is 24.7. The third kappa shape index (κ3) is 7.20. The van der Waals surface area contributed by atoms with Crippen LogP contribution in [-0.4, -0.2) is 84.4 Å². The zero-order valence-electron chi connectivity index (χ0n) is 29.2. The summed E-state index contributed by atoms with van der Waals surface area (Å²) in [6.45, 7) is 11.2. The van der Waals surface area contributed by atoms with Crippen molar-refractivity contribution in [1.82, 2.24) is 10.2 Å². The largest absolute Gasteiger partial charge is 0.497 e. The third-order valence-corrected chi connectivity index (χ3v) is 10.1. The first kappa shape index (κ1) is 36.8. The third-order valence-electron chi connectivity index (χ3n) is 10.1. The summed E-state index contributed by atoms with van der Waals surface area (Å²) < 4.78 is 17.6. The molecule has 0 saturated carbocycles. The number of fused-ring (bicyclic) bond motifs is 1. The van der Waals surface area contributed by atoms with E-state index in [1.54, 1.807) is 48.4 Å². The first-order valence-electron chi connectivity index (χ1n) is 17.4. The number of hydrogen-bond donors (Lipinski definition) is 2. The van der Waals surface area contributed by atoms with Crippen LogP contribution in [0.3, 0.4) is 0 Å². The van der Waals surface area contributed by atoms with Crippen LogP contribution in [0.2, 0.25) is 0 Å². The van der Waals surface area contributed by atoms with Gasteiger partial charge in [0.15, 0.2) is 0 Å². The van der Waals surface area contributed by atoms with Gasteiger partial charge in [-0.3, -0.25) is 19.2 Å². The van der Waals surface area contributed by atoms with Crippen molar-refractivity contribution in [2.75, 3.05) is 31.8 Å².